The number of nitrogens with one attached hydrogen (secondary N) is 1. The van der Waals surface area contributed by atoms with Crippen molar-refractivity contribution < 1.29 is 9.47 Å². The first-order chi connectivity index (χ1) is 18.1. The highest BCUT2D eigenvalue weighted by molar-refractivity contribution is 5.75. The Morgan fingerprint density at radius 1 is 1.05 bits per heavy atom. The van der Waals surface area contributed by atoms with Crippen LogP contribution in [-0.2, 0) is 4.74 Å². The summed E-state index contributed by atoms with van der Waals surface area (Å²) in [5.74, 6) is 1.33. The molecule has 37 heavy (non-hydrogen) atoms. The second kappa shape index (κ2) is 10.2. The van der Waals surface area contributed by atoms with Crippen molar-refractivity contribution in [3.05, 3.63) is 42.2 Å². The largest absolute Gasteiger partial charge is 0.493 e. The first kappa shape index (κ1) is 24.0. The number of rotatable bonds is 6. The molecule has 0 saturated carbocycles. The maximum absolute atomic E-state index is 5.56. The van der Waals surface area contributed by atoms with E-state index in [1.807, 2.05) is 24.7 Å². The number of aromatic amines is 1. The third-order valence-electron chi connectivity index (χ3n) is 7.80. The molecule has 0 unspecified atom stereocenters. The van der Waals surface area contributed by atoms with Crippen LogP contribution in [0.25, 0.3) is 28.3 Å². The van der Waals surface area contributed by atoms with Gasteiger partial charge in [0.25, 0.3) is 0 Å². The zero-order valence-electron chi connectivity index (χ0n) is 21.7. The van der Waals surface area contributed by atoms with E-state index in [4.69, 9.17) is 24.5 Å². The van der Waals surface area contributed by atoms with Gasteiger partial charge in [-0.3, -0.25) is 15.1 Å². The van der Waals surface area contributed by atoms with Crippen molar-refractivity contribution in [3.8, 4) is 28.4 Å². The van der Waals surface area contributed by atoms with Crippen molar-refractivity contribution in [3.63, 3.8) is 0 Å². The molecule has 194 valence electrons. The van der Waals surface area contributed by atoms with E-state index in [1.54, 1.807) is 11.6 Å². The molecule has 6 rings (SSSR count). The topological polar surface area (TPSA) is 106 Å². The predicted molar refractivity (Wildman–Crippen MR) is 140 cm³/mol. The van der Waals surface area contributed by atoms with E-state index in [9.17, 15) is 0 Å². The van der Waals surface area contributed by atoms with Gasteiger partial charge < -0.3 is 14.4 Å². The summed E-state index contributed by atoms with van der Waals surface area (Å²) in [5.41, 5.74) is 6.31. The van der Waals surface area contributed by atoms with Crippen LogP contribution in [0.2, 0.25) is 0 Å². The second-order valence-corrected chi connectivity index (χ2v) is 10.3. The summed E-state index contributed by atoms with van der Waals surface area (Å²) in [4.78, 5) is 16.6. The monoisotopic (exact) mass is 502 g/mol. The molecule has 0 bridgehead atoms. The molecular weight excluding hydrogens is 468 g/mol. The highest BCUT2D eigenvalue weighted by Crippen LogP contribution is 2.37. The lowest BCUT2D eigenvalue weighted by atomic mass is 9.91. The quantitative estimate of drug-likeness (QED) is 0.421. The number of nitrogens with zero attached hydrogens (tertiary/aromatic N) is 7. The number of likely N-dealkylation sites (tertiary alicyclic amines) is 1. The number of fused-ring (bicyclic) bond motifs is 1. The van der Waals surface area contributed by atoms with Gasteiger partial charge in [0.2, 0.25) is 0 Å². The standard InChI is InChI=1S/C27H34N8O2/c1-17(2)24-25(19-12-23(36-3)27-30-16-31-35(27)15-19)32-33-26(24)22-14-28-21(13-29-22)18-4-8-34(9-5-18)20-6-10-37-11-7-20/h12-18,20H,4-11H2,1-3H3,(H,32,33). The summed E-state index contributed by atoms with van der Waals surface area (Å²) in [6.07, 6.45) is 11.9. The highest BCUT2D eigenvalue weighted by Gasteiger charge is 2.28. The van der Waals surface area contributed by atoms with Gasteiger partial charge in [0.15, 0.2) is 11.4 Å². The Morgan fingerprint density at radius 2 is 1.86 bits per heavy atom. The molecule has 4 aromatic rings. The lowest BCUT2D eigenvalue weighted by molar-refractivity contribution is 0.0250. The summed E-state index contributed by atoms with van der Waals surface area (Å²) in [6, 6.07) is 2.63. The van der Waals surface area contributed by atoms with E-state index >= 15 is 0 Å². The highest BCUT2D eigenvalue weighted by atomic mass is 16.5. The van der Waals surface area contributed by atoms with Crippen LogP contribution in [0.15, 0.2) is 31.0 Å². The molecule has 0 radical (unpaired) electrons. The summed E-state index contributed by atoms with van der Waals surface area (Å²) < 4.78 is 12.8. The first-order valence-electron chi connectivity index (χ1n) is 13.2. The van der Waals surface area contributed by atoms with Gasteiger partial charge in [0, 0.05) is 48.7 Å². The Hall–Kier alpha value is -3.37. The number of ether oxygens (including phenoxy) is 2. The lowest BCUT2D eigenvalue weighted by Gasteiger charge is -2.39. The van der Waals surface area contributed by atoms with Crippen molar-refractivity contribution in [2.75, 3.05) is 33.4 Å². The van der Waals surface area contributed by atoms with Gasteiger partial charge >= 0.3 is 0 Å². The van der Waals surface area contributed by atoms with Gasteiger partial charge in [0.1, 0.15) is 12.0 Å². The summed E-state index contributed by atoms with van der Waals surface area (Å²) in [6.45, 7) is 8.37. The van der Waals surface area contributed by atoms with Gasteiger partial charge in [-0.1, -0.05) is 13.8 Å². The van der Waals surface area contributed by atoms with Crippen LogP contribution in [0.1, 0.15) is 62.6 Å². The smallest absolute Gasteiger partial charge is 0.197 e. The number of aromatic nitrogens is 7. The Labute approximate surface area is 216 Å². The van der Waals surface area contributed by atoms with E-state index in [0.29, 0.717) is 23.4 Å². The van der Waals surface area contributed by atoms with Crippen LogP contribution < -0.4 is 4.74 Å². The van der Waals surface area contributed by atoms with Crippen LogP contribution in [-0.4, -0.2) is 79.1 Å². The average molecular weight is 503 g/mol. The Kier molecular flexibility index (Phi) is 6.60. The number of hydrogen-bond acceptors (Lipinski definition) is 8. The Balaban J connectivity index is 1.23. The van der Waals surface area contributed by atoms with Gasteiger partial charge in [-0.25, -0.2) is 9.50 Å². The van der Waals surface area contributed by atoms with Gasteiger partial charge in [-0.2, -0.15) is 10.2 Å². The maximum Gasteiger partial charge on any atom is 0.197 e. The fourth-order valence-electron chi connectivity index (χ4n) is 5.79. The minimum absolute atomic E-state index is 0.220. The van der Waals surface area contributed by atoms with E-state index in [0.717, 1.165) is 85.9 Å². The zero-order valence-corrected chi connectivity index (χ0v) is 21.7. The third-order valence-corrected chi connectivity index (χ3v) is 7.80. The number of piperidine rings is 1. The molecule has 10 heteroatoms. The molecule has 0 aromatic carbocycles. The number of hydrogen-bond donors (Lipinski definition) is 1. The molecule has 2 saturated heterocycles. The number of pyridine rings is 1. The third kappa shape index (κ3) is 4.59. The van der Waals surface area contributed by atoms with Crippen molar-refractivity contribution in [1.82, 2.24) is 39.7 Å². The lowest BCUT2D eigenvalue weighted by Crippen LogP contribution is -2.43. The van der Waals surface area contributed by atoms with Crippen LogP contribution in [0.4, 0.5) is 0 Å². The van der Waals surface area contributed by atoms with Gasteiger partial charge in [-0.15, -0.1) is 0 Å². The van der Waals surface area contributed by atoms with Crippen LogP contribution in [0.5, 0.6) is 5.75 Å². The van der Waals surface area contributed by atoms with Crippen molar-refractivity contribution >= 4 is 5.65 Å². The zero-order chi connectivity index (χ0) is 25.4. The molecule has 0 aliphatic carbocycles. The molecule has 4 aromatic heterocycles. The van der Waals surface area contributed by atoms with Crippen molar-refractivity contribution in [2.24, 2.45) is 0 Å². The first-order valence-corrected chi connectivity index (χ1v) is 13.2. The molecule has 0 amide bonds. The van der Waals surface area contributed by atoms with Crippen LogP contribution in [0.3, 0.4) is 0 Å². The summed E-state index contributed by atoms with van der Waals surface area (Å²) >= 11 is 0. The number of methoxy groups -OCH3 is 1. The molecule has 10 nitrogen and oxygen atoms in total. The fraction of sp³-hybridized carbons (Fsp3) is 0.519. The van der Waals surface area contributed by atoms with Gasteiger partial charge in [-0.05, 0) is 50.8 Å². The maximum atomic E-state index is 5.56. The molecule has 1 N–H and O–H groups in total. The molecule has 2 aliphatic heterocycles. The number of H-pyrrole nitrogens is 1. The molecule has 2 fully saturated rings. The summed E-state index contributed by atoms with van der Waals surface area (Å²) in [5, 5.41) is 12.2. The van der Waals surface area contributed by atoms with E-state index in [-0.39, 0.29) is 5.92 Å². The fourth-order valence-corrected chi connectivity index (χ4v) is 5.79. The minimum atomic E-state index is 0.220. The SMILES string of the molecule is COc1cc(-c2n[nH]c(-c3cnc(C4CCN(C5CCOCC5)CC4)cn3)c2C(C)C)cn2ncnc12. The van der Waals surface area contributed by atoms with Gasteiger partial charge in [0.05, 0.1) is 30.4 Å². The van der Waals surface area contributed by atoms with Crippen molar-refractivity contribution in [2.45, 2.75) is 57.4 Å². The van der Waals surface area contributed by atoms with Crippen LogP contribution >= 0.6 is 0 Å². The van der Waals surface area contributed by atoms with Crippen molar-refractivity contribution in [1.29, 1.82) is 0 Å². The normalized spacial score (nSPS) is 18.2. The molecular formula is C27H34N8O2. The second-order valence-electron chi connectivity index (χ2n) is 10.3. The molecule has 6 heterocycles. The minimum Gasteiger partial charge on any atom is -0.493 e. The van der Waals surface area contributed by atoms with E-state index < -0.39 is 0 Å². The average Bonchev–Trinajstić information content (AvgIpc) is 3.61. The molecule has 0 atom stereocenters. The molecule has 2 aliphatic rings. The van der Waals surface area contributed by atoms with Crippen LogP contribution in [0, 0.1) is 0 Å². The summed E-state index contributed by atoms with van der Waals surface area (Å²) in [7, 11) is 1.64. The van der Waals surface area contributed by atoms with E-state index in [2.05, 4.69) is 33.9 Å². The van der Waals surface area contributed by atoms with E-state index in [1.165, 1.54) is 6.33 Å². The predicted octanol–water partition coefficient (Wildman–Crippen LogP) is 4.07. The Morgan fingerprint density at radius 3 is 2.57 bits per heavy atom. The molecule has 0 spiro atoms. The Bertz CT molecular complexity index is 1350.